The maximum Gasteiger partial charge on any atom is 0.259 e. The molecule has 6 nitrogen and oxygen atoms in total. The Morgan fingerprint density at radius 1 is 1.40 bits per heavy atom. The molecule has 2 aromatic rings. The summed E-state index contributed by atoms with van der Waals surface area (Å²) < 4.78 is 10.9. The zero-order chi connectivity index (χ0) is 13.9. The van der Waals surface area contributed by atoms with Gasteiger partial charge in [0.05, 0.1) is 25.0 Å². The maximum absolute atomic E-state index is 12.1. The summed E-state index contributed by atoms with van der Waals surface area (Å²) in [7, 11) is 0. The average Bonchev–Trinajstić information content (AvgIpc) is 3.09. The van der Waals surface area contributed by atoms with E-state index >= 15 is 0 Å². The van der Waals surface area contributed by atoms with Crippen LogP contribution in [0.25, 0.3) is 0 Å². The van der Waals surface area contributed by atoms with Crippen molar-refractivity contribution in [3.63, 3.8) is 0 Å². The Bertz CT molecular complexity index is 618. The van der Waals surface area contributed by atoms with Gasteiger partial charge in [0.2, 0.25) is 0 Å². The number of anilines is 1. The molecule has 2 heterocycles. The summed E-state index contributed by atoms with van der Waals surface area (Å²) >= 11 is 0. The number of benzene rings is 1. The van der Waals surface area contributed by atoms with Crippen LogP contribution >= 0.6 is 0 Å². The van der Waals surface area contributed by atoms with Crippen LogP contribution in [0.1, 0.15) is 27.9 Å². The van der Waals surface area contributed by atoms with Gasteiger partial charge in [-0.3, -0.25) is 9.89 Å². The first-order valence-electron chi connectivity index (χ1n) is 6.38. The second-order valence-corrected chi connectivity index (χ2v) is 4.56. The van der Waals surface area contributed by atoms with E-state index in [2.05, 4.69) is 15.5 Å². The molecule has 0 spiro atoms. The maximum atomic E-state index is 12.1. The lowest BCUT2D eigenvalue weighted by molar-refractivity contribution is -0.0440. The number of hydrogen-bond acceptors (Lipinski definition) is 4. The Balaban J connectivity index is 1.76. The fraction of sp³-hybridized carbons (Fsp3) is 0.286. The highest BCUT2D eigenvalue weighted by atomic mass is 16.7. The fourth-order valence-corrected chi connectivity index (χ4v) is 2.09. The summed E-state index contributed by atoms with van der Waals surface area (Å²) in [5.41, 5.74) is 2.86. The van der Waals surface area contributed by atoms with Gasteiger partial charge in [-0.2, -0.15) is 5.10 Å². The molecule has 1 aliphatic heterocycles. The number of ether oxygens (including phenoxy) is 2. The topological polar surface area (TPSA) is 76.2 Å². The highest BCUT2D eigenvalue weighted by Crippen LogP contribution is 2.25. The third-order valence-electron chi connectivity index (χ3n) is 3.11. The number of nitrogens with one attached hydrogen (secondary N) is 2. The van der Waals surface area contributed by atoms with Crippen LogP contribution in [0.4, 0.5) is 5.69 Å². The van der Waals surface area contributed by atoms with Crippen LogP contribution in [0.15, 0.2) is 30.5 Å². The van der Waals surface area contributed by atoms with Gasteiger partial charge in [0.15, 0.2) is 6.29 Å². The van der Waals surface area contributed by atoms with Gasteiger partial charge in [-0.15, -0.1) is 0 Å². The van der Waals surface area contributed by atoms with E-state index in [-0.39, 0.29) is 12.2 Å². The summed E-state index contributed by atoms with van der Waals surface area (Å²) in [5, 5.41) is 9.42. The van der Waals surface area contributed by atoms with Crippen molar-refractivity contribution in [1.29, 1.82) is 0 Å². The Morgan fingerprint density at radius 2 is 2.20 bits per heavy atom. The number of aromatic amines is 1. The first-order valence-corrected chi connectivity index (χ1v) is 6.38. The summed E-state index contributed by atoms with van der Waals surface area (Å²) in [6, 6.07) is 7.45. The van der Waals surface area contributed by atoms with Gasteiger partial charge in [-0.25, -0.2) is 0 Å². The molecule has 0 atom stereocenters. The quantitative estimate of drug-likeness (QED) is 0.897. The molecule has 2 N–H and O–H groups in total. The fourth-order valence-electron chi connectivity index (χ4n) is 2.09. The van der Waals surface area contributed by atoms with Gasteiger partial charge >= 0.3 is 0 Å². The lowest BCUT2D eigenvalue weighted by Crippen LogP contribution is -2.12. The van der Waals surface area contributed by atoms with E-state index in [0.29, 0.717) is 24.5 Å². The molecule has 0 aliphatic carbocycles. The van der Waals surface area contributed by atoms with E-state index in [9.17, 15) is 4.79 Å². The third-order valence-corrected chi connectivity index (χ3v) is 3.11. The smallest absolute Gasteiger partial charge is 0.259 e. The molecular weight excluding hydrogens is 258 g/mol. The number of nitrogens with zero attached hydrogens (tertiary/aromatic N) is 1. The predicted molar refractivity (Wildman–Crippen MR) is 72.4 cm³/mol. The molecule has 1 aromatic heterocycles. The molecule has 0 unspecified atom stereocenters. The van der Waals surface area contributed by atoms with Crippen molar-refractivity contribution in [1.82, 2.24) is 10.2 Å². The van der Waals surface area contributed by atoms with Gasteiger partial charge < -0.3 is 14.8 Å². The van der Waals surface area contributed by atoms with Crippen molar-refractivity contribution in [2.24, 2.45) is 0 Å². The summed E-state index contributed by atoms with van der Waals surface area (Å²) in [6.07, 6.45) is 1.17. The van der Waals surface area contributed by atoms with Crippen molar-refractivity contribution >= 4 is 11.6 Å². The summed E-state index contributed by atoms with van der Waals surface area (Å²) in [6.45, 7) is 2.99. The Hall–Kier alpha value is -2.18. The second kappa shape index (κ2) is 5.44. The van der Waals surface area contributed by atoms with E-state index in [0.717, 1.165) is 11.3 Å². The van der Waals surface area contributed by atoms with E-state index in [1.165, 1.54) is 6.20 Å². The number of aromatic nitrogens is 2. The zero-order valence-electron chi connectivity index (χ0n) is 11.1. The molecule has 1 fully saturated rings. The Kier molecular flexibility index (Phi) is 3.49. The second-order valence-electron chi connectivity index (χ2n) is 4.56. The van der Waals surface area contributed by atoms with Gasteiger partial charge in [0, 0.05) is 16.9 Å². The van der Waals surface area contributed by atoms with Gasteiger partial charge in [-0.05, 0) is 19.1 Å². The molecule has 104 valence electrons. The average molecular weight is 273 g/mol. The SMILES string of the molecule is Cc1[nH]ncc1C(=O)Nc1cccc(C2OCCO2)c1. The van der Waals surface area contributed by atoms with Crippen molar-refractivity contribution in [2.75, 3.05) is 18.5 Å². The highest BCUT2D eigenvalue weighted by molar-refractivity contribution is 6.04. The largest absolute Gasteiger partial charge is 0.346 e. The van der Waals surface area contributed by atoms with Gasteiger partial charge in [0.25, 0.3) is 5.91 Å². The molecule has 0 radical (unpaired) electrons. The normalized spacial score (nSPS) is 15.4. The lowest BCUT2D eigenvalue weighted by atomic mass is 10.2. The Labute approximate surface area is 116 Å². The number of carbonyl (C=O) groups is 1. The number of rotatable bonds is 3. The first kappa shape index (κ1) is 12.8. The molecule has 1 aromatic carbocycles. The monoisotopic (exact) mass is 273 g/mol. The molecule has 6 heteroatoms. The van der Waals surface area contributed by atoms with Crippen LogP contribution in [0.3, 0.4) is 0 Å². The number of aryl methyl sites for hydroxylation is 1. The molecule has 20 heavy (non-hydrogen) atoms. The van der Waals surface area contributed by atoms with E-state index in [1.807, 2.05) is 24.3 Å². The standard InChI is InChI=1S/C14H15N3O3/c1-9-12(8-15-17-9)13(18)16-11-4-2-3-10(7-11)14-19-5-6-20-14/h2-4,7-8,14H,5-6H2,1H3,(H,15,17)(H,16,18). The predicted octanol–water partition coefficient (Wildman–Crippen LogP) is 2.02. The molecule has 1 aliphatic rings. The number of amides is 1. The molecule has 3 rings (SSSR count). The minimum absolute atomic E-state index is 0.193. The van der Waals surface area contributed by atoms with Crippen molar-refractivity contribution in [3.05, 3.63) is 47.3 Å². The minimum Gasteiger partial charge on any atom is -0.346 e. The van der Waals surface area contributed by atoms with E-state index in [1.54, 1.807) is 6.92 Å². The Morgan fingerprint density at radius 3 is 2.90 bits per heavy atom. The van der Waals surface area contributed by atoms with Gasteiger partial charge in [-0.1, -0.05) is 12.1 Å². The number of carbonyl (C=O) groups excluding carboxylic acids is 1. The zero-order valence-corrected chi connectivity index (χ0v) is 11.1. The third kappa shape index (κ3) is 2.56. The lowest BCUT2D eigenvalue weighted by Gasteiger charge is -2.11. The number of hydrogen-bond donors (Lipinski definition) is 2. The molecule has 1 amide bonds. The van der Waals surface area contributed by atoms with Crippen molar-refractivity contribution < 1.29 is 14.3 Å². The molecule has 1 saturated heterocycles. The van der Waals surface area contributed by atoms with Crippen LogP contribution < -0.4 is 5.32 Å². The van der Waals surface area contributed by atoms with E-state index in [4.69, 9.17) is 9.47 Å². The molecule has 0 saturated carbocycles. The van der Waals surface area contributed by atoms with Crippen molar-refractivity contribution in [3.8, 4) is 0 Å². The number of H-pyrrole nitrogens is 1. The van der Waals surface area contributed by atoms with Crippen LogP contribution in [0.2, 0.25) is 0 Å². The van der Waals surface area contributed by atoms with Crippen molar-refractivity contribution in [2.45, 2.75) is 13.2 Å². The minimum atomic E-state index is -0.345. The van der Waals surface area contributed by atoms with Crippen LogP contribution in [0.5, 0.6) is 0 Å². The van der Waals surface area contributed by atoms with Crippen LogP contribution in [0, 0.1) is 6.92 Å². The molecule has 0 bridgehead atoms. The summed E-state index contributed by atoms with van der Waals surface area (Å²) in [4.78, 5) is 12.1. The van der Waals surface area contributed by atoms with Gasteiger partial charge in [0.1, 0.15) is 0 Å². The first-order chi connectivity index (χ1) is 9.74. The van der Waals surface area contributed by atoms with Crippen LogP contribution in [-0.2, 0) is 9.47 Å². The highest BCUT2D eigenvalue weighted by Gasteiger charge is 2.19. The van der Waals surface area contributed by atoms with E-state index < -0.39 is 0 Å². The molecular formula is C14H15N3O3. The summed E-state index contributed by atoms with van der Waals surface area (Å²) in [5.74, 6) is -0.193. The van der Waals surface area contributed by atoms with Crippen LogP contribution in [-0.4, -0.2) is 29.3 Å².